The molecule has 2 nitrogen and oxygen atoms in total. The molecule has 102 valence electrons. The van der Waals surface area contributed by atoms with Crippen LogP contribution in [0, 0.1) is 16.7 Å². The van der Waals surface area contributed by atoms with Crippen molar-refractivity contribution in [3.05, 3.63) is 35.4 Å². The van der Waals surface area contributed by atoms with Crippen molar-refractivity contribution in [2.75, 3.05) is 6.54 Å². The molecule has 1 aromatic rings. The molecule has 1 aromatic carbocycles. The van der Waals surface area contributed by atoms with Crippen LogP contribution in [0.5, 0.6) is 0 Å². The van der Waals surface area contributed by atoms with Gasteiger partial charge < -0.3 is 5.32 Å². The van der Waals surface area contributed by atoms with Crippen LogP contribution >= 0.6 is 0 Å². The van der Waals surface area contributed by atoms with Gasteiger partial charge in [0.2, 0.25) is 0 Å². The van der Waals surface area contributed by atoms with Gasteiger partial charge in [-0.2, -0.15) is 5.26 Å². The molecule has 0 fully saturated rings. The zero-order valence-electron chi connectivity index (χ0n) is 12.1. The van der Waals surface area contributed by atoms with Gasteiger partial charge in [0.15, 0.2) is 0 Å². The summed E-state index contributed by atoms with van der Waals surface area (Å²) in [6, 6.07) is 11.5. The zero-order chi connectivity index (χ0) is 13.7. The van der Waals surface area contributed by atoms with Crippen LogP contribution < -0.4 is 5.32 Å². The minimum absolute atomic E-state index is 0.197. The van der Waals surface area contributed by atoms with Crippen molar-refractivity contribution in [1.82, 2.24) is 5.32 Å². The summed E-state index contributed by atoms with van der Waals surface area (Å²) in [6.07, 6.45) is 5.33. The van der Waals surface area contributed by atoms with E-state index >= 15 is 0 Å². The maximum atomic E-state index is 8.71. The van der Waals surface area contributed by atoms with Crippen LogP contribution in [0.25, 0.3) is 0 Å². The Balaban J connectivity index is 1.96. The largest absolute Gasteiger partial charge is 0.309 e. The lowest BCUT2D eigenvalue weighted by molar-refractivity contribution is 0.292. The molecule has 0 bridgehead atoms. The lowest BCUT2D eigenvalue weighted by Crippen LogP contribution is -2.34. The van der Waals surface area contributed by atoms with Gasteiger partial charge in [-0.1, -0.05) is 38.1 Å². The third-order valence-electron chi connectivity index (χ3n) is 4.11. The van der Waals surface area contributed by atoms with Crippen molar-refractivity contribution < 1.29 is 0 Å². The number of rotatable bonds is 5. The van der Waals surface area contributed by atoms with Crippen LogP contribution in [0.15, 0.2) is 24.3 Å². The Kier molecular flexibility index (Phi) is 4.61. The molecular formula is C17H24N2. The minimum atomic E-state index is 0.197. The van der Waals surface area contributed by atoms with Crippen molar-refractivity contribution in [2.24, 2.45) is 5.41 Å². The monoisotopic (exact) mass is 256 g/mol. The maximum absolute atomic E-state index is 8.71. The quantitative estimate of drug-likeness (QED) is 0.865. The van der Waals surface area contributed by atoms with E-state index in [1.807, 2.05) is 0 Å². The van der Waals surface area contributed by atoms with E-state index in [2.05, 4.69) is 49.5 Å². The molecule has 1 aliphatic carbocycles. The highest BCUT2D eigenvalue weighted by atomic mass is 14.9. The lowest BCUT2D eigenvalue weighted by atomic mass is 9.85. The van der Waals surface area contributed by atoms with E-state index in [1.54, 1.807) is 0 Å². The molecule has 1 aliphatic rings. The fourth-order valence-electron chi connectivity index (χ4n) is 2.85. The first-order valence-electron chi connectivity index (χ1n) is 7.30. The fraction of sp³-hybridized carbons (Fsp3) is 0.588. The van der Waals surface area contributed by atoms with Gasteiger partial charge in [-0.15, -0.1) is 0 Å². The molecule has 2 heteroatoms. The van der Waals surface area contributed by atoms with E-state index in [0.29, 0.717) is 12.5 Å². The number of fused-ring (bicyclic) bond motifs is 1. The number of nitrogens with one attached hydrogen (secondary N) is 1. The molecule has 0 saturated heterocycles. The van der Waals surface area contributed by atoms with Crippen molar-refractivity contribution in [3.63, 3.8) is 0 Å². The predicted octanol–water partition coefficient (Wildman–Crippen LogP) is 3.98. The van der Waals surface area contributed by atoms with E-state index in [-0.39, 0.29) is 5.41 Å². The average Bonchev–Trinajstić information content (AvgIpc) is 2.43. The van der Waals surface area contributed by atoms with E-state index in [1.165, 1.54) is 30.4 Å². The molecule has 2 rings (SSSR count). The van der Waals surface area contributed by atoms with Gasteiger partial charge in [0.05, 0.1) is 6.07 Å². The number of aryl methyl sites for hydroxylation is 1. The average molecular weight is 256 g/mol. The zero-order valence-corrected chi connectivity index (χ0v) is 12.1. The summed E-state index contributed by atoms with van der Waals surface area (Å²) in [6.45, 7) is 5.46. The van der Waals surface area contributed by atoms with Crippen LogP contribution in [0.4, 0.5) is 0 Å². The Morgan fingerprint density at radius 3 is 2.95 bits per heavy atom. The molecule has 0 radical (unpaired) electrons. The first-order valence-corrected chi connectivity index (χ1v) is 7.30. The van der Waals surface area contributed by atoms with Crippen LogP contribution in [0.2, 0.25) is 0 Å². The Morgan fingerprint density at radius 2 is 2.16 bits per heavy atom. The second kappa shape index (κ2) is 6.21. The molecule has 1 unspecified atom stereocenters. The SMILES string of the molecule is CC(C)(CCC#N)CNC1CCCc2ccccc21. The van der Waals surface area contributed by atoms with Gasteiger partial charge >= 0.3 is 0 Å². The Labute approximate surface area is 116 Å². The Hall–Kier alpha value is -1.33. The summed E-state index contributed by atoms with van der Waals surface area (Å²) in [5.41, 5.74) is 3.17. The number of benzene rings is 1. The highest BCUT2D eigenvalue weighted by Gasteiger charge is 2.23. The standard InChI is InChI=1S/C17H24N2/c1-17(2,11-6-12-18)13-19-16-10-5-8-14-7-3-4-9-15(14)16/h3-4,7,9,16,19H,5-6,8,10-11,13H2,1-2H3. The topological polar surface area (TPSA) is 35.8 Å². The third-order valence-corrected chi connectivity index (χ3v) is 4.11. The van der Waals surface area contributed by atoms with E-state index < -0.39 is 0 Å². The molecule has 0 amide bonds. The second-order valence-corrected chi connectivity index (χ2v) is 6.35. The smallest absolute Gasteiger partial charge is 0.0621 e. The van der Waals surface area contributed by atoms with Gasteiger partial charge in [-0.25, -0.2) is 0 Å². The van der Waals surface area contributed by atoms with Crippen LogP contribution in [-0.2, 0) is 6.42 Å². The highest BCUT2D eigenvalue weighted by molar-refractivity contribution is 5.32. The summed E-state index contributed by atoms with van der Waals surface area (Å²) < 4.78 is 0. The normalized spacial score (nSPS) is 18.7. The Morgan fingerprint density at radius 1 is 1.37 bits per heavy atom. The number of nitrogens with zero attached hydrogens (tertiary/aromatic N) is 1. The van der Waals surface area contributed by atoms with Gasteiger partial charge in [-0.3, -0.25) is 0 Å². The fourth-order valence-corrected chi connectivity index (χ4v) is 2.85. The first kappa shape index (κ1) is 14.1. The molecule has 0 spiro atoms. The molecule has 0 aromatic heterocycles. The molecule has 19 heavy (non-hydrogen) atoms. The van der Waals surface area contributed by atoms with E-state index in [9.17, 15) is 0 Å². The number of hydrogen-bond donors (Lipinski definition) is 1. The van der Waals surface area contributed by atoms with Crippen LogP contribution in [-0.4, -0.2) is 6.54 Å². The maximum Gasteiger partial charge on any atom is 0.0621 e. The minimum Gasteiger partial charge on any atom is -0.309 e. The third kappa shape index (κ3) is 3.81. The van der Waals surface area contributed by atoms with E-state index in [4.69, 9.17) is 5.26 Å². The number of nitriles is 1. The van der Waals surface area contributed by atoms with Gasteiger partial charge in [0.25, 0.3) is 0 Å². The van der Waals surface area contributed by atoms with Crippen LogP contribution in [0.1, 0.15) is 56.7 Å². The summed E-state index contributed by atoms with van der Waals surface area (Å²) in [5.74, 6) is 0. The number of hydrogen-bond acceptors (Lipinski definition) is 2. The summed E-state index contributed by atoms with van der Waals surface area (Å²) >= 11 is 0. The molecule has 1 atom stereocenters. The van der Waals surface area contributed by atoms with E-state index in [0.717, 1.165) is 13.0 Å². The molecule has 0 saturated carbocycles. The molecular weight excluding hydrogens is 232 g/mol. The molecule has 0 heterocycles. The predicted molar refractivity (Wildman–Crippen MR) is 78.8 cm³/mol. The lowest BCUT2D eigenvalue weighted by Gasteiger charge is -2.31. The van der Waals surface area contributed by atoms with Gasteiger partial charge in [-0.05, 0) is 42.2 Å². The van der Waals surface area contributed by atoms with Gasteiger partial charge in [0, 0.05) is 19.0 Å². The summed E-state index contributed by atoms with van der Waals surface area (Å²) in [4.78, 5) is 0. The van der Waals surface area contributed by atoms with Crippen LogP contribution in [0.3, 0.4) is 0 Å². The van der Waals surface area contributed by atoms with Crippen molar-refractivity contribution >= 4 is 0 Å². The van der Waals surface area contributed by atoms with Crippen molar-refractivity contribution in [1.29, 1.82) is 5.26 Å². The molecule has 0 aliphatic heterocycles. The van der Waals surface area contributed by atoms with Crippen molar-refractivity contribution in [3.8, 4) is 6.07 Å². The Bertz CT molecular complexity index is 457. The summed E-state index contributed by atoms with van der Waals surface area (Å²) in [5, 5.41) is 12.4. The first-order chi connectivity index (χ1) is 9.12. The second-order valence-electron chi connectivity index (χ2n) is 6.35. The van der Waals surface area contributed by atoms with Crippen molar-refractivity contribution in [2.45, 2.75) is 52.0 Å². The summed E-state index contributed by atoms with van der Waals surface area (Å²) in [7, 11) is 0. The van der Waals surface area contributed by atoms with Gasteiger partial charge in [0.1, 0.15) is 0 Å². The molecule has 1 N–H and O–H groups in total. The highest BCUT2D eigenvalue weighted by Crippen LogP contribution is 2.30.